The molecule has 0 spiro atoms. The Morgan fingerprint density at radius 1 is 1.80 bits per heavy atom. The molecule has 0 saturated heterocycles. The third-order valence-corrected chi connectivity index (χ3v) is 1.10. The summed E-state index contributed by atoms with van der Waals surface area (Å²) in [6.07, 6.45) is -0.334. The van der Waals surface area contributed by atoms with Crippen LogP contribution >= 0.6 is 11.6 Å². The molecule has 0 fully saturated rings. The van der Waals surface area contributed by atoms with E-state index in [2.05, 4.69) is 0 Å². The van der Waals surface area contributed by atoms with Crippen molar-refractivity contribution >= 4 is 17.6 Å². The SMILES string of the molecule is CCC(OC(C)Cl)C(=O)O. The van der Waals surface area contributed by atoms with Crippen molar-refractivity contribution in [1.29, 1.82) is 0 Å². The van der Waals surface area contributed by atoms with Crippen LogP contribution in [0.4, 0.5) is 0 Å². The van der Waals surface area contributed by atoms with Crippen molar-refractivity contribution in [2.45, 2.75) is 31.9 Å². The second-order valence-electron chi connectivity index (χ2n) is 1.91. The Labute approximate surface area is 64.9 Å². The number of hydrogen-bond acceptors (Lipinski definition) is 2. The molecule has 0 aromatic carbocycles. The van der Waals surface area contributed by atoms with Gasteiger partial charge in [-0.05, 0) is 13.3 Å². The maximum absolute atomic E-state index is 10.3. The maximum atomic E-state index is 10.3. The van der Waals surface area contributed by atoms with Gasteiger partial charge in [-0.15, -0.1) is 0 Å². The first-order valence-electron chi connectivity index (χ1n) is 3.10. The molecule has 0 radical (unpaired) electrons. The lowest BCUT2D eigenvalue weighted by Gasteiger charge is -2.12. The van der Waals surface area contributed by atoms with Crippen molar-refractivity contribution in [3.8, 4) is 0 Å². The Balaban J connectivity index is 3.72. The minimum Gasteiger partial charge on any atom is -0.479 e. The van der Waals surface area contributed by atoms with Crippen LogP contribution in [0.25, 0.3) is 0 Å². The Hall–Kier alpha value is -0.280. The molecule has 0 aliphatic heterocycles. The summed E-state index contributed by atoms with van der Waals surface area (Å²) in [5.74, 6) is -0.963. The molecule has 60 valence electrons. The van der Waals surface area contributed by atoms with Gasteiger partial charge in [0.05, 0.1) is 0 Å². The van der Waals surface area contributed by atoms with Gasteiger partial charge in [0.1, 0.15) is 5.56 Å². The van der Waals surface area contributed by atoms with E-state index < -0.39 is 17.6 Å². The van der Waals surface area contributed by atoms with E-state index in [0.717, 1.165) is 0 Å². The number of hydrogen-bond donors (Lipinski definition) is 1. The zero-order valence-electron chi connectivity index (χ0n) is 6.00. The van der Waals surface area contributed by atoms with Crippen LogP contribution in [-0.2, 0) is 9.53 Å². The van der Waals surface area contributed by atoms with Gasteiger partial charge in [-0.2, -0.15) is 0 Å². The Morgan fingerprint density at radius 2 is 2.30 bits per heavy atom. The van der Waals surface area contributed by atoms with Gasteiger partial charge in [0.25, 0.3) is 0 Å². The third kappa shape index (κ3) is 3.69. The van der Waals surface area contributed by atoms with Crippen molar-refractivity contribution in [2.75, 3.05) is 0 Å². The van der Waals surface area contributed by atoms with Crippen LogP contribution in [0.5, 0.6) is 0 Å². The number of carboxylic acids is 1. The maximum Gasteiger partial charge on any atom is 0.332 e. The van der Waals surface area contributed by atoms with Crippen molar-refractivity contribution < 1.29 is 14.6 Å². The van der Waals surface area contributed by atoms with Crippen molar-refractivity contribution in [3.05, 3.63) is 0 Å². The normalized spacial score (nSPS) is 16.3. The lowest BCUT2D eigenvalue weighted by molar-refractivity contribution is -0.151. The summed E-state index contributed by atoms with van der Waals surface area (Å²) in [4.78, 5) is 10.3. The zero-order chi connectivity index (χ0) is 8.15. The molecule has 0 saturated carbocycles. The molecule has 0 aliphatic rings. The van der Waals surface area contributed by atoms with Crippen molar-refractivity contribution in [3.63, 3.8) is 0 Å². The molecule has 1 N–H and O–H groups in total. The van der Waals surface area contributed by atoms with E-state index in [1.165, 1.54) is 0 Å². The van der Waals surface area contributed by atoms with Gasteiger partial charge in [0.15, 0.2) is 6.10 Å². The summed E-state index contributed by atoms with van der Waals surface area (Å²) >= 11 is 5.41. The third-order valence-electron chi connectivity index (χ3n) is 0.998. The number of halogens is 1. The second kappa shape index (κ2) is 4.52. The minimum absolute atomic E-state index is 0.437. The molecule has 2 unspecified atom stereocenters. The molecule has 0 amide bonds. The van der Waals surface area contributed by atoms with Gasteiger partial charge in [0.2, 0.25) is 0 Å². The summed E-state index contributed by atoms with van der Waals surface area (Å²) in [6.45, 7) is 3.32. The van der Waals surface area contributed by atoms with Gasteiger partial charge in [-0.25, -0.2) is 4.79 Å². The molecule has 3 nitrogen and oxygen atoms in total. The predicted octanol–water partition coefficient (Wildman–Crippen LogP) is 1.45. The predicted molar refractivity (Wildman–Crippen MR) is 38.1 cm³/mol. The lowest BCUT2D eigenvalue weighted by atomic mass is 10.3. The van der Waals surface area contributed by atoms with E-state index in [-0.39, 0.29) is 0 Å². The summed E-state index contributed by atoms with van der Waals surface area (Å²) in [5.41, 5.74) is -0.541. The van der Waals surface area contributed by atoms with Crippen LogP contribution in [0.15, 0.2) is 0 Å². The highest BCUT2D eigenvalue weighted by molar-refractivity contribution is 6.19. The van der Waals surface area contributed by atoms with Crippen LogP contribution in [0.2, 0.25) is 0 Å². The number of alkyl halides is 1. The van der Waals surface area contributed by atoms with Crippen LogP contribution in [0, 0.1) is 0 Å². The van der Waals surface area contributed by atoms with E-state index in [0.29, 0.717) is 6.42 Å². The molecule has 0 aromatic rings. The average Bonchev–Trinajstić information content (AvgIpc) is 1.81. The highest BCUT2D eigenvalue weighted by atomic mass is 35.5. The van der Waals surface area contributed by atoms with E-state index in [1.54, 1.807) is 13.8 Å². The van der Waals surface area contributed by atoms with Crippen LogP contribution in [0.1, 0.15) is 20.3 Å². The smallest absolute Gasteiger partial charge is 0.332 e. The molecule has 0 bridgehead atoms. The van der Waals surface area contributed by atoms with Crippen LogP contribution in [0.3, 0.4) is 0 Å². The lowest BCUT2D eigenvalue weighted by Crippen LogP contribution is -2.25. The number of carboxylic acid groups (broad SMARTS) is 1. The molecule has 0 heterocycles. The first-order chi connectivity index (χ1) is 4.57. The fraction of sp³-hybridized carbons (Fsp3) is 0.833. The number of rotatable bonds is 4. The molecule has 0 rings (SSSR count). The van der Waals surface area contributed by atoms with Gasteiger partial charge < -0.3 is 9.84 Å². The topological polar surface area (TPSA) is 46.5 Å². The van der Waals surface area contributed by atoms with Crippen molar-refractivity contribution in [1.82, 2.24) is 0 Å². The standard InChI is InChI=1S/C6H11ClO3/c1-3-5(6(8)9)10-4(2)7/h4-5H,3H2,1-2H3,(H,8,9). The minimum atomic E-state index is -0.963. The van der Waals surface area contributed by atoms with E-state index >= 15 is 0 Å². The Morgan fingerprint density at radius 3 is 2.40 bits per heavy atom. The summed E-state index contributed by atoms with van der Waals surface area (Å²) in [5, 5.41) is 8.44. The van der Waals surface area contributed by atoms with Crippen LogP contribution < -0.4 is 0 Å². The first-order valence-corrected chi connectivity index (χ1v) is 3.54. The van der Waals surface area contributed by atoms with Gasteiger partial charge in [-0.1, -0.05) is 18.5 Å². The number of carbonyl (C=O) groups is 1. The Kier molecular flexibility index (Phi) is 4.40. The Bertz CT molecular complexity index is 114. The largest absolute Gasteiger partial charge is 0.479 e. The molecule has 0 aromatic heterocycles. The molecule has 4 heteroatoms. The van der Waals surface area contributed by atoms with Gasteiger partial charge >= 0.3 is 5.97 Å². The molecular weight excluding hydrogens is 156 g/mol. The molecular formula is C6H11ClO3. The second-order valence-corrected chi connectivity index (χ2v) is 2.53. The summed E-state index contributed by atoms with van der Waals surface area (Å²) in [7, 11) is 0. The molecule has 10 heavy (non-hydrogen) atoms. The van der Waals surface area contributed by atoms with Crippen LogP contribution in [-0.4, -0.2) is 22.7 Å². The highest BCUT2D eigenvalue weighted by Crippen LogP contribution is 2.05. The average molecular weight is 167 g/mol. The molecule has 2 atom stereocenters. The van der Waals surface area contributed by atoms with E-state index in [1.807, 2.05) is 0 Å². The van der Waals surface area contributed by atoms with E-state index in [4.69, 9.17) is 21.4 Å². The first kappa shape index (κ1) is 9.72. The summed E-state index contributed by atoms with van der Waals surface area (Å²) < 4.78 is 4.83. The highest BCUT2D eigenvalue weighted by Gasteiger charge is 2.16. The van der Waals surface area contributed by atoms with Gasteiger partial charge in [0, 0.05) is 0 Å². The number of ether oxygens (including phenoxy) is 1. The number of aliphatic carboxylic acids is 1. The zero-order valence-corrected chi connectivity index (χ0v) is 6.76. The monoisotopic (exact) mass is 166 g/mol. The van der Waals surface area contributed by atoms with Gasteiger partial charge in [-0.3, -0.25) is 0 Å². The van der Waals surface area contributed by atoms with Crippen molar-refractivity contribution in [2.24, 2.45) is 0 Å². The van der Waals surface area contributed by atoms with E-state index in [9.17, 15) is 4.79 Å². The summed E-state index contributed by atoms with van der Waals surface area (Å²) in [6, 6.07) is 0. The fourth-order valence-corrected chi connectivity index (χ4v) is 0.680. The quantitative estimate of drug-likeness (QED) is 0.643. The fourth-order valence-electron chi connectivity index (χ4n) is 0.555. The molecule has 0 aliphatic carbocycles.